The molecule has 0 amide bonds. The van der Waals surface area contributed by atoms with E-state index in [2.05, 4.69) is 0 Å². The second kappa shape index (κ2) is 7.47. The van der Waals surface area contributed by atoms with E-state index in [1.54, 1.807) is 6.92 Å². The standard InChI is InChI=1S/C19H25F3N2O5S/c1-13-11-23(12-18(7-8-18)16(25)26)9-10-24(13)30(28,29)15-5-3-14(4-6-15)17(2,27)19(20,21)22/h3-6,13,27H,7-12H2,1-2H3,(H,25,26)/t13-,17?/m1/s1. The Morgan fingerprint density at radius 3 is 2.20 bits per heavy atom. The number of piperazine rings is 1. The van der Waals surface area contributed by atoms with Crippen molar-refractivity contribution in [1.82, 2.24) is 9.21 Å². The zero-order valence-electron chi connectivity index (χ0n) is 16.7. The Balaban J connectivity index is 1.72. The van der Waals surface area contributed by atoms with Gasteiger partial charge in [-0.15, -0.1) is 0 Å². The third-order valence-corrected chi connectivity index (χ3v) is 8.09. The molecule has 0 bridgehead atoms. The van der Waals surface area contributed by atoms with Gasteiger partial charge in [0.05, 0.1) is 10.3 Å². The van der Waals surface area contributed by atoms with Crippen molar-refractivity contribution in [2.45, 2.75) is 49.4 Å². The SMILES string of the molecule is C[C@@H]1CN(CC2(C(=O)O)CC2)CCN1S(=O)(=O)c1ccc(C(C)(O)C(F)(F)F)cc1. The molecule has 11 heteroatoms. The molecule has 1 aromatic rings. The van der Waals surface area contributed by atoms with E-state index in [0.29, 0.717) is 39.4 Å². The molecule has 1 unspecified atom stereocenters. The molecule has 2 N–H and O–H groups in total. The second-order valence-corrected chi connectivity index (χ2v) is 10.3. The van der Waals surface area contributed by atoms with Crippen molar-refractivity contribution >= 4 is 16.0 Å². The topological polar surface area (TPSA) is 98.2 Å². The van der Waals surface area contributed by atoms with Crippen molar-refractivity contribution in [1.29, 1.82) is 0 Å². The Morgan fingerprint density at radius 1 is 1.20 bits per heavy atom. The predicted molar refractivity (Wildman–Crippen MR) is 101 cm³/mol. The minimum atomic E-state index is -4.90. The van der Waals surface area contributed by atoms with Crippen LogP contribution in [0.1, 0.15) is 32.3 Å². The molecule has 30 heavy (non-hydrogen) atoms. The molecular formula is C19H25F3N2O5S. The third kappa shape index (κ3) is 4.08. The Morgan fingerprint density at radius 2 is 1.77 bits per heavy atom. The lowest BCUT2D eigenvalue weighted by molar-refractivity contribution is -0.258. The highest BCUT2D eigenvalue weighted by Gasteiger charge is 2.52. The van der Waals surface area contributed by atoms with Crippen molar-refractivity contribution in [2.24, 2.45) is 5.41 Å². The van der Waals surface area contributed by atoms with Gasteiger partial charge in [0.25, 0.3) is 0 Å². The summed E-state index contributed by atoms with van der Waals surface area (Å²) in [4.78, 5) is 13.2. The number of halogens is 3. The highest BCUT2D eigenvalue weighted by atomic mass is 32.2. The van der Waals surface area contributed by atoms with Gasteiger partial charge in [-0.25, -0.2) is 8.42 Å². The van der Waals surface area contributed by atoms with E-state index < -0.39 is 44.8 Å². The van der Waals surface area contributed by atoms with Gasteiger partial charge in [0.2, 0.25) is 10.0 Å². The molecule has 1 saturated heterocycles. The maximum absolute atomic E-state index is 13.0. The molecule has 1 aliphatic carbocycles. The normalized spacial score (nSPS) is 24.9. The summed E-state index contributed by atoms with van der Waals surface area (Å²) in [5.74, 6) is -0.833. The van der Waals surface area contributed by atoms with Gasteiger partial charge in [-0.2, -0.15) is 17.5 Å². The summed E-state index contributed by atoms with van der Waals surface area (Å²) in [7, 11) is -3.95. The van der Waals surface area contributed by atoms with Crippen LogP contribution in [0.15, 0.2) is 29.2 Å². The van der Waals surface area contributed by atoms with Gasteiger partial charge in [0.1, 0.15) is 0 Å². The van der Waals surface area contributed by atoms with E-state index >= 15 is 0 Å². The van der Waals surface area contributed by atoms with Crippen LogP contribution in [0.25, 0.3) is 0 Å². The highest BCUT2D eigenvalue weighted by Crippen LogP contribution is 2.46. The summed E-state index contributed by atoms with van der Waals surface area (Å²) in [6.07, 6.45) is -3.67. The molecule has 0 radical (unpaired) electrons. The molecule has 1 aliphatic heterocycles. The summed E-state index contributed by atoms with van der Waals surface area (Å²) in [5.41, 5.74) is -4.27. The largest absolute Gasteiger partial charge is 0.481 e. The van der Waals surface area contributed by atoms with Crippen LogP contribution in [-0.4, -0.2) is 72.2 Å². The van der Waals surface area contributed by atoms with Crippen LogP contribution in [0.3, 0.4) is 0 Å². The molecule has 0 aromatic heterocycles. The third-order valence-electron chi connectivity index (χ3n) is 6.06. The average Bonchev–Trinajstić information content (AvgIpc) is 3.41. The Labute approximate surface area is 173 Å². The quantitative estimate of drug-likeness (QED) is 0.688. The molecule has 2 aliphatic rings. The van der Waals surface area contributed by atoms with Crippen LogP contribution in [0, 0.1) is 5.41 Å². The van der Waals surface area contributed by atoms with Crippen molar-refractivity contribution < 1.29 is 36.6 Å². The van der Waals surface area contributed by atoms with Gasteiger partial charge in [0, 0.05) is 32.2 Å². The minimum absolute atomic E-state index is 0.154. The number of hydrogen-bond acceptors (Lipinski definition) is 5. The number of nitrogens with zero attached hydrogens (tertiary/aromatic N) is 2. The number of carboxylic acids is 1. The molecule has 1 heterocycles. The fourth-order valence-electron chi connectivity index (χ4n) is 3.79. The number of carboxylic acid groups (broad SMARTS) is 1. The molecule has 2 atom stereocenters. The lowest BCUT2D eigenvalue weighted by Gasteiger charge is -2.39. The Kier molecular flexibility index (Phi) is 5.72. The number of aliphatic hydroxyl groups is 1. The molecule has 3 rings (SSSR count). The highest BCUT2D eigenvalue weighted by molar-refractivity contribution is 7.89. The van der Waals surface area contributed by atoms with Gasteiger partial charge >= 0.3 is 12.1 Å². The first kappa shape index (κ1) is 23.0. The first-order valence-electron chi connectivity index (χ1n) is 9.58. The van der Waals surface area contributed by atoms with Crippen LogP contribution in [0.2, 0.25) is 0 Å². The fraction of sp³-hybridized carbons (Fsp3) is 0.632. The van der Waals surface area contributed by atoms with Crippen molar-refractivity contribution in [2.75, 3.05) is 26.2 Å². The second-order valence-electron chi connectivity index (χ2n) is 8.38. The van der Waals surface area contributed by atoms with Crippen LogP contribution in [0.5, 0.6) is 0 Å². The first-order valence-corrected chi connectivity index (χ1v) is 11.0. The van der Waals surface area contributed by atoms with E-state index in [0.717, 1.165) is 24.3 Å². The Hall–Kier alpha value is -1.69. The van der Waals surface area contributed by atoms with Crippen molar-refractivity contribution in [3.8, 4) is 0 Å². The van der Waals surface area contributed by atoms with Crippen molar-refractivity contribution in [3.05, 3.63) is 29.8 Å². The summed E-state index contributed by atoms with van der Waals surface area (Å²) >= 11 is 0. The van der Waals surface area contributed by atoms with Crippen LogP contribution in [-0.2, 0) is 20.4 Å². The number of hydrogen-bond donors (Lipinski definition) is 2. The molecule has 0 spiro atoms. The molecule has 7 nitrogen and oxygen atoms in total. The maximum atomic E-state index is 13.0. The number of carbonyl (C=O) groups is 1. The maximum Gasteiger partial charge on any atom is 0.421 e. The smallest absolute Gasteiger partial charge is 0.421 e. The van der Waals surface area contributed by atoms with E-state index in [1.807, 2.05) is 4.90 Å². The van der Waals surface area contributed by atoms with Crippen molar-refractivity contribution in [3.63, 3.8) is 0 Å². The molecule has 1 saturated carbocycles. The zero-order valence-corrected chi connectivity index (χ0v) is 17.5. The van der Waals surface area contributed by atoms with E-state index in [1.165, 1.54) is 4.31 Å². The van der Waals surface area contributed by atoms with E-state index in [-0.39, 0.29) is 11.4 Å². The van der Waals surface area contributed by atoms with Gasteiger partial charge in [-0.05, 0) is 44.4 Å². The number of alkyl halides is 3. The molecule has 2 fully saturated rings. The number of rotatable bonds is 6. The first-order chi connectivity index (χ1) is 13.7. The summed E-state index contributed by atoms with van der Waals surface area (Å²) in [5, 5.41) is 19.1. The Bertz CT molecular complexity index is 911. The number of benzene rings is 1. The lowest BCUT2D eigenvalue weighted by Crippen LogP contribution is -2.55. The molecule has 168 valence electrons. The summed E-state index contributed by atoms with van der Waals surface area (Å²) < 4.78 is 66.2. The van der Waals surface area contributed by atoms with Crippen LogP contribution in [0.4, 0.5) is 13.2 Å². The van der Waals surface area contributed by atoms with Gasteiger partial charge in [0.15, 0.2) is 5.60 Å². The van der Waals surface area contributed by atoms with E-state index in [4.69, 9.17) is 0 Å². The van der Waals surface area contributed by atoms with E-state index in [9.17, 15) is 36.6 Å². The summed E-state index contributed by atoms with van der Waals surface area (Å²) in [6.45, 7) is 3.60. The molecular weight excluding hydrogens is 425 g/mol. The molecule has 1 aromatic carbocycles. The van der Waals surface area contributed by atoms with Crippen LogP contribution < -0.4 is 0 Å². The minimum Gasteiger partial charge on any atom is -0.481 e. The summed E-state index contributed by atoms with van der Waals surface area (Å²) in [6, 6.07) is 3.63. The number of aliphatic carboxylic acids is 1. The van der Waals surface area contributed by atoms with Gasteiger partial charge in [-0.1, -0.05) is 12.1 Å². The lowest BCUT2D eigenvalue weighted by atomic mass is 9.96. The zero-order chi connectivity index (χ0) is 22.5. The predicted octanol–water partition coefficient (Wildman–Crippen LogP) is 2.02. The fourth-order valence-corrected chi connectivity index (χ4v) is 5.40. The van der Waals surface area contributed by atoms with Gasteiger partial charge in [-0.3, -0.25) is 9.69 Å². The van der Waals surface area contributed by atoms with Gasteiger partial charge < -0.3 is 10.2 Å². The average molecular weight is 450 g/mol. The number of sulfonamides is 1. The monoisotopic (exact) mass is 450 g/mol. The van der Waals surface area contributed by atoms with Crippen LogP contribution >= 0.6 is 0 Å².